The Hall–Kier alpha value is 0.240. The monoisotopic (exact) mass is 271 g/mol. The predicted octanol–water partition coefficient (Wildman–Crippen LogP) is 2.79. The number of benzene rings is 1. The van der Waals surface area contributed by atoms with Crippen LogP contribution in [0, 0.1) is 0 Å². The fraction of sp³-hybridized carbons (Fsp3) is 0.250. The molecule has 0 aliphatic rings. The van der Waals surface area contributed by atoms with Crippen molar-refractivity contribution in [2.75, 3.05) is 6.54 Å². The van der Waals surface area contributed by atoms with Gasteiger partial charge in [-0.1, -0.05) is 28.1 Å². The van der Waals surface area contributed by atoms with Crippen LogP contribution >= 0.6 is 40.7 Å². The van der Waals surface area contributed by atoms with Gasteiger partial charge in [-0.15, -0.1) is 24.8 Å². The molecule has 0 unspecified atom stereocenters. The first-order valence-corrected chi connectivity index (χ1v) is 4.07. The van der Waals surface area contributed by atoms with Crippen molar-refractivity contribution >= 4 is 40.7 Å². The second-order valence-electron chi connectivity index (χ2n) is 2.17. The van der Waals surface area contributed by atoms with Crippen molar-refractivity contribution in [3.8, 4) is 0 Å². The average molecular weight is 273 g/mol. The van der Waals surface area contributed by atoms with E-state index in [0.29, 0.717) is 0 Å². The quantitative estimate of drug-likeness (QED) is 0.880. The number of rotatable bonds is 2. The summed E-state index contributed by atoms with van der Waals surface area (Å²) in [5, 5.41) is 0. The maximum Gasteiger partial charge on any atom is 0.0175 e. The van der Waals surface area contributed by atoms with Gasteiger partial charge in [0.15, 0.2) is 0 Å². The third-order valence-electron chi connectivity index (χ3n) is 1.35. The molecule has 0 aliphatic carbocycles. The predicted molar refractivity (Wildman–Crippen MR) is 61.4 cm³/mol. The summed E-state index contributed by atoms with van der Waals surface area (Å²) >= 11 is 3.37. The van der Waals surface area contributed by atoms with E-state index < -0.39 is 0 Å². The molecule has 1 nitrogen and oxygen atoms in total. The van der Waals surface area contributed by atoms with Gasteiger partial charge in [-0.05, 0) is 30.7 Å². The van der Waals surface area contributed by atoms with Crippen LogP contribution in [0.1, 0.15) is 5.56 Å². The minimum absolute atomic E-state index is 0. The second-order valence-corrected chi connectivity index (χ2v) is 3.08. The van der Waals surface area contributed by atoms with Crippen molar-refractivity contribution in [1.82, 2.24) is 0 Å². The van der Waals surface area contributed by atoms with E-state index in [1.54, 1.807) is 0 Å². The summed E-state index contributed by atoms with van der Waals surface area (Å²) in [6.07, 6.45) is 0.966. The summed E-state index contributed by atoms with van der Waals surface area (Å²) < 4.78 is 1.12. The first kappa shape index (κ1) is 14.7. The van der Waals surface area contributed by atoms with Crippen LogP contribution in [-0.2, 0) is 6.42 Å². The first-order valence-electron chi connectivity index (χ1n) is 3.27. The zero-order valence-corrected chi connectivity index (χ0v) is 9.71. The van der Waals surface area contributed by atoms with Gasteiger partial charge < -0.3 is 5.73 Å². The van der Waals surface area contributed by atoms with Gasteiger partial charge >= 0.3 is 0 Å². The average Bonchev–Trinajstić information content (AvgIpc) is 1.95. The van der Waals surface area contributed by atoms with Crippen LogP contribution in [0.25, 0.3) is 0 Å². The van der Waals surface area contributed by atoms with Gasteiger partial charge in [0.2, 0.25) is 0 Å². The van der Waals surface area contributed by atoms with Crippen molar-refractivity contribution in [2.45, 2.75) is 6.42 Å². The molecule has 0 fully saturated rings. The van der Waals surface area contributed by atoms with Gasteiger partial charge in [-0.25, -0.2) is 0 Å². The first-order chi connectivity index (χ1) is 4.83. The lowest BCUT2D eigenvalue weighted by Gasteiger charge is -1.96. The molecule has 0 amide bonds. The molecule has 1 rings (SSSR count). The molecule has 0 saturated carbocycles. The molecular weight excluding hydrogens is 261 g/mol. The van der Waals surface area contributed by atoms with Gasteiger partial charge in [-0.3, -0.25) is 0 Å². The summed E-state index contributed by atoms with van der Waals surface area (Å²) in [5.74, 6) is 0. The Morgan fingerprint density at radius 2 is 1.58 bits per heavy atom. The lowest BCUT2D eigenvalue weighted by Crippen LogP contribution is -2.01. The molecule has 70 valence electrons. The van der Waals surface area contributed by atoms with E-state index in [1.165, 1.54) is 5.56 Å². The van der Waals surface area contributed by atoms with Crippen molar-refractivity contribution in [2.24, 2.45) is 5.73 Å². The molecule has 0 atom stereocenters. The molecule has 0 bridgehead atoms. The Morgan fingerprint density at radius 1 is 1.08 bits per heavy atom. The van der Waals surface area contributed by atoms with Crippen LogP contribution in [0.4, 0.5) is 0 Å². The van der Waals surface area contributed by atoms with E-state index in [2.05, 4.69) is 28.1 Å². The minimum Gasteiger partial charge on any atom is -0.330 e. The van der Waals surface area contributed by atoms with Crippen LogP contribution < -0.4 is 5.73 Å². The third-order valence-corrected chi connectivity index (χ3v) is 1.87. The van der Waals surface area contributed by atoms with Crippen molar-refractivity contribution in [3.05, 3.63) is 34.3 Å². The van der Waals surface area contributed by atoms with Crippen LogP contribution in [-0.4, -0.2) is 6.54 Å². The van der Waals surface area contributed by atoms with E-state index in [1.807, 2.05) is 12.1 Å². The van der Waals surface area contributed by atoms with Gasteiger partial charge in [0.25, 0.3) is 0 Å². The largest absolute Gasteiger partial charge is 0.330 e. The molecule has 1 aromatic carbocycles. The molecule has 0 saturated heterocycles. The molecule has 0 spiro atoms. The highest BCUT2D eigenvalue weighted by molar-refractivity contribution is 9.10. The van der Waals surface area contributed by atoms with Crippen LogP contribution in [0.5, 0.6) is 0 Å². The highest BCUT2D eigenvalue weighted by atomic mass is 79.9. The fourth-order valence-electron chi connectivity index (χ4n) is 0.818. The van der Waals surface area contributed by atoms with E-state index in [4.69, 9.17) is 5.73 Å². The normalized spacial score (nSPS) is 8.17. The summed E-state index contributed by atoms with van der Waals surface area (Å²) in [5.41, 5.74) is 6.68. The highest BCUT2D eigenvalue weighted by Crippen LogP contribution is 2.10. The zero-order valence-electron chi connectivity index (χ0n) is 6.50. The maximum absolute atomic E-state index is 5.39. The molecule has 0 radical (unpaired) electrons. The fourth-order valence-corrected chi connectivity index (χ4v) is 1.08. The Bertz CT molecular complexity index is 201. The second kappa shape index (κ2) is 7.87. The van der Waals surface area contributed by atoms with E-state index in [9.17, 15) is 0 Å². The maximum atomic E-state index is 5.39. The number of nitrogens with two attached hydrogens (primary N) is 1. The topological polar surface area (TPSA) is 26.0 Å². The SMILES string of the molecule is Cl.Cl.NCCc1ccc(Br)cc1. The number of halogens is 3. The molecule has 2 N–H and O–H groups in total. The van der Waals surface area contributed by atoms with Gasteiger partial charge in [-0.2, -0.15) is 0 Å². The zero-order chi connectivity index (χ0) is 7.40. The van der Waals surface area contributed by atoms with E-state index in [0.717, 1.165) is 17.4 Å². The van der Waals surface area contributed by atoms with Crippen molar-refractivity contribution in [1.29, 1.82) is 0 Å². The molecule has 0 aromatic heterocycles. The van der Waals surface area contributed by atoms with E-state index in [-0.39, 0.29) is 24.8 Å². The van der Waals surface area contributed by atoms with Crippen molar-refractivity contribution < 1.29 is 0 Å². The summed E-state index contributed by atoms with van der Waals surface area (Å²) in [7, 11) is 0. The smallest absolute Gasteiger partial charge is 0.0175 e. The molecule has 1 aromatic rings. The minimum atomic E-state index is 0. The van der Waals surface area contributed by atoms with E-state index >= 15 is 0 Å². The standard InChI is InChI=1S/C8H10BrN.2ClH/c9-8-3-1-7(2-4-8)5-6-10;;/h1-4H,5-6,10H2;2*1H. The Balaban J connectivity index is 0. The Kier molecular flexibility index (Phi) is 9.67. The Morgan fingerprint density at radius 3 is 2.00 bits per heavy atom. The highest BCUT2D eigenvalue weighted by Gasteiger charge is 1.89. The summed E-state index contributed by atoms with van der Waals surface area (Å²) in [6.45, 7) is 0.724. The van der Waals surface area contributed by atoms with Crippen LogP contribution in [0.3, 0.4) is 0 Å². The third kappa shape index (κ3) is 4.99. The van der Waals surface area contributed by atoms with Crippen molar-refractivity contribution in [3.63, 3.8) is 0 Å². The molecule has 0 aliphatic heterocycles. The lowest BCUT2D eigenvalue weighted by atomic mass is 10.2. The summed E-state index contributed by atoms with van der Waals surface area (Å²) in [6, 6.07) is 8.23. The summed E-state index contributed by atoms with van der Waals surface area (Å²) in [4.78, 5) is 0. The molecule has 12 heavy (non-hydrogen) atoms. The molecule has 4 heteroatoms. The van der Waals surface area contributed by atoms with Crippen LogP contribution in [0.15, 0.2) is 28.7 Å². The number of hydrogen-bond acceptors (Lipinski definition) is 1. The Labute approximate surface area is 93.7 Å². The lowest BCUT2D eigenvalue weighted by molar-refractivity contribution is 0.968. The molecular formula is C8H12BrCl2N. The van der Waals surface area contributed by atoms with Gasteiger partial charge in [0, 0.05) is 4.47 Å². The van der Waals surface area contributed by atoms with Crippen LogP contribution in [0.2, 0.25) is 0 Å². The molecule has 0 heterocycles. The number of hydrogen-bond donors (Lipinski definition) is 1. The van der Waals surface area contributed by atoms with Gasteiger partial charge in [0.1, 0.15) is 0 Å². The van der Waals surface area contributed by atoms with Gasteiger partial charge in [0.05, 0.1) is 0 Å².